The minimum Gasteiger partial charge on any atom is -0.389 e. The Balaban J connectivity index is 1.64. The van der Waals surface area contributed by atoms with Crippen molar-refractivity contribution < 1.29 is 9.63 Å². The Labute approximate surface area is 142 Å². The van der Waals surface area contributed by atoms with Crippen LogP contribution in [0.1, 0.15) is 0 Å². The Morgan fingerprint density at radius 2 is 1.88 bits per heavy atom. The maximum atomic E-state index is 9.36. The molecule has 3 N–H and O–H groups in total. The largest absolute Gasteiger partial charge is 0.389 e. The van der Waals surface area contributed by atoms with Crippen LogP contribution in [0.2, 0.25) is 0 Å². The summed E-state index contributed by atoms with van der Waals surface area (Å²) in [6.07, 6.45) is -0.366. The van der Waals surface area contributed by atoms with Gasteiger partial charge < -0.3 is 25.2 Å². The standard InChI is InChI=1S/C15H16N8O2/c1-22(9-5-3-2-4-6-9)14-18-11(17-13(16)20-14)12-19-15(25-21-12)23-7-10(24)8-23/h2-6,10,24H,7-8H2,1H3,(H2,16,17,18,20). The van der Waals surface area contributed by atoms with E-state index in [0.717, 1.165) is 5.69 Å². The minimum atomic E-state index is -0.366. The molecule has 1 fully saturated rings. The molecule has 0 saturated carbocycles. The van der Waals surface area contributed by atoms with Crippen LogP contribution in [-0.4, -0.2) is 56.4 Å². The Morgan fingerprint density at radius 3 is 2.60 bits per heavy atom. The van der Waals surface area contributed by atoms with Gasteiger partial charge in [-0.25, -0.2) is 0 Å². The summed E-state index contributed by atoms with van der Waals surface area (Å²) in [5, 5.41) is 13.3. The number of hydrogen-bond donors (Lipinski definition) is 2. The number of nitrogens with two attached hydrogens (primary N) is 1. The smallest absolute Gasteiger partial charge is 0.324 e. The highest BCUT2D eigenvalue weighted by Gasteiger charge is 2.29. The van der Waals surface area contributed by atoms with Gasteiger partial charge in [-0.3, -0.25) is 0 Å². The lowest BCUT2D eigenvalue weighted by atomic mass is 10.2. The van der Waals surface area contributed by atoms with E-state index in [4.69, 9.17) is 10.3 Å². The molecule has 0 radical (unpaired) electrons. The fourth-order valence-corrected chi connectivity index (χ4v) is 2.44. The first-order valence-electron chi connectivity index (χ1n) is 7.67. The molecule has 3 aromatic rings. The highest BCUT2D eigenvalue weighted by Crippen LogP contribution is 2.24. The minimum absolute atomic E-state index is 0.0634. The third-order valence-electron chi connectivity index (χ3n) is 3.83. The van der Waals surface area contributed by atoms with Gasteiger partial charge in [-0.05, 0) is 12.1 Å². The fraction of sp³-hybridized carbons (Fsp3) is 0.267. The van der Waals surface area contributed by atoms with Gasteiger partial charge in [0.15, 0.2) is 0 Å². The third-order valence-corrected chi connectivity index (χ3v) is 3.83. The van der Waals surface area contributed by atoms with Crippen LogP contribution in [-0.2, 0) is 0 Å². The first kappa shape index (κ1) is 15.3. The molecule has 10 heteroatoms. The van der Waals surface area contributed by atoms with Gasteiger partial charge in [0.2, 0.25) is 23.5 Å². The van der Waals surface area contributed by atoms with E-state index >= 15 is 0 Å². The topological polar surface area (TPSA) is 130 Å². The second kappa shape index (κ2) is 5.98. The van der Waals surface area contributed by atoms with Crippen LogP contribution < -0.4 is 15.5 Å². The SMILES string of the molecule is CN(c1ccccc1)c1nc(N)nc(-c2noc(N3CC(O)C3)n2)n1. The highest BCUT2D eigenvalue weighted by atomic mass is 16.5. The number of para-hydroxylation sites is 1. The third kappa shape index (κ3) is 2.94. The second-order valence-electron chi connectivity index (χ2n) is 5.67. The van der Waals surface area contributed by atoms with Crippen LogP contribution in [0.3, 0.4) is 0 Å². The molecule has 10 nitrogen and oxygen atoms in total. The Morgan fingerprint density at radius 1 is 1.12 bits per heavy atom. The molecular weight excluding hydrogens is 324 g/mol. The fourth-order valence-electron chi connectivity index (χ4n) is 2.44. The Bertz CT molecular complexity index is 878. The van der Waals surface area contributed by atoms with Crippen LogP contribution in [0.15, 0.2) is 34.9 Å². The first-order chi connectivity index (χ1) is 12.1. The number of aromatic nitrogens is 5. The van der Waals surface area contributed by atoms with Gasteiger partial charge in [-0.1, -0.05) is 23.4 Å². The van der Waals surface area contributed by atoms with Crippen LogP contribution >= 0.6 is 0 Å². The van der Waals surface area contributed by atoms with E-state index in [9.17, 15) is 5.11 Å². The number of anilines is 4. The maximum Gasteiger partial charge on any atom is 0.324 e. The summed E-state index contributed by atoms with van der Waals surface area (Å²) in [5.41, 5.74) is 6.72. The number of rotatable bonds is 4. The zero-order chi connectivity index (χ0) is 17.4. The first-order valence-corrected chi connectivity index (χ1v) is 7.67. The normalized spacial score (nSPS) is 14.4. The predicted octanol–water partition coefficient (Wildman–Crippen LogP) is 0.453. The van der Waals surface area contributed by atoms with E-state index < -0.39 is 0 Å². The predicted molar refractivity (Wildman–Crippen MR) is 90.3 cm³/mol. The molecule has 1 aromatic carbocycles. The van der Waals surface area contributed by atoms with Gasteiger partial charge in [0, 0.05) is 12.7 Å². The molecule has 1 aliphatic rings. The van der Waals surface area contributed by atoms with E-state index in [2.05, 4.69) is 25.1 Å². The molecule has 1 aliphatic heterocycles. The number of aliphatic hydroxyl groups excluding tert-OH is 1. The molecule has 0 spiro atoms. The van der Waals surface area contributed by atoms with Crippen molar-refractivity contribution in [1.29, 1.82) is 0 Å². The lowest BCUT2D eigenvalue weighted by molar-refractivity contribution is 0.135. The number of nitrogens with zero attached hydrogens (tertiary/aromatic N) is 7. The van der Waals surface area contributed by atoms with Crippen molar-refractivity contribution in [2.24, 2.45) is 0 Å². The number of aliphatic hydroxyl groups is 1. The Kier molecular flexibility index (Phi) is 3.65. The molecule has 3 heterocycles. The van der Waals surface area contributed by atoms with Crippen molar-refractivity contribution in [1.82, 2.24) is 25.1 Å². The molecule has 0 atom stereocenters. The van der Waals surface area contributed by atoms with E-state index in [1.165, 1.54) is 0 Å². The van der Waals surface area contributed by atoms with E-state index in [1.54, 1.807) is 9.80 Å². The van der Waals surface area contributed by atoms with Gasteiger partial charge in [0.25, 0.3) is 0 Å². The summed E-state index contributed by atoms with van der Waals surface area (Å²) in [5.74, 6) is 0.877. The molecule has 2 aromatic heterocycles. The second-order valence-corrected chi connectivity index (χ2v) is 5.67. The van der Waals surface area contributed by atoms with E-state index in [0.29, 0.717) is 25.1 Å². The number of benzene rings is 1. The molecule has 1 saturated heterocycles. The van der Waals surface area contributed by atoms with Crippen LogP contribution in [0.25, 0.3) is 11.6 Å². The maximum absolute atomic E-state index is 9.36. The highest BCUT2D eigenvalue weighted by molar-refractivity contribution is 5.59. The summed E-state index contributed by atoms with van der Waals surface area (Å²) in [4.78, 5) is 20.5. The molecule has 128 valence electrons. The summed E-state index contributed by atoms with van der Waals surface area (Å²) in [6.45, 7) is 0.923. The Hall–Kier alpha value is -3.27. The number of hydrogen-bond acceptors (Lipinski definition) is 10. The molecule has 0 bridgehead atoms. The van der Waals surface area contributed by atoms with Gasteiger partial charge in [0.1, 0.15) is 0 Å². The molecule has 4 rings (SSSR count). The van der Waals surface area contributed by atoms with E-state index in [-0.39, 0.29) is 23.7 Å². The zero-order valence-electron chi connectivity index (χ0n) is 13.4. The average Bonchev–Trinajstić information content (AvgIpc) is 3.08. The number of nitrogen functional groups attached to an aromatic ring is 1. The van der Waals surface area contributed by atoms with Crippen molar-refractivity contribution in [3.63, 3.8) is 0 Å². The quantitative estimate of drug-likeness (QED) is 0.690. The molecule has 0 unspecified atom stereocenters. The van der Waals surface area contributed by atoms with E-state index in [1.807, 2.05) is 37.4 Å². The van der Waals surface area contributed by atoms with Crippen LogP contribution in [0, 0.1) is 0 Å². The van der Waals surface area contributed by atoms with Crippen molar-refractivity contribution >= 4 is 23.6 Å². The zero-order valence-corrected chi connectivity index (χ0v) is 13.4. The van der Waals surface area contributed by atoms with Gasteiger partial charge in [-0.15, -0.1) is 0 Å². The lowest BCUT2D eigenvalue weighted by Crippen LogP contribution is -2.51. The molecular formula is C15H16N8O2. The van der Waals surface area contributed by atoms with Gasteiger partial charge in [0.05, 0.1) is 19.2 Å². The van der Waals surface area contributed by atoms with Crippen molar-refractivity contribution in [3.05, 3.63) is 30.3 Å². The monoisotopic (exact) mass is 340 g/mol. The molecule has 0 amide bonds. The number of β-amino-alcohol motifs (C(OH)–C–C–N with tert-alkyl or cyclic N) is 1. The summed E-state index contributed by atoms with van der Waals surface area (Å²) < 4.78 is 5.20. The summed E-state index contributed by atoms with van der Waals surface area (Å²) in [6, 6.07) is 9.95. The molecule has 25 heavy (non-hydrogen) atoms. The summed E-state index contributed by atoms with van der Waals surface area (Å²) in [7, 11) is 1.83. The van der Waals surface area contributed by atoms with Gasteiger partial charge in [-0.2, -0.15) is 19.9 Å². The molecule has 0 aliphatic carbocycles. The van der Waals surface area contributed by atoms with Crippen molar-refractivity contribution in [3.8, 4) is 11.6 Å². The lowest BCUT2D eigenvalue weighted by Gasteiger charge is -2.33. The van der Waals surface area contributed by atoms with Crippen LogP contribution in [0.4, 0.5) is 23.6 Å². The van der Waals surface area contributed by atoms with Crippen molar-refractivity contribution in [2.45, 2.75) is 6.10 Å². The average molecular weight is 340 g/mol. The van der Waals surface area contributed by atoms with Crippen molar-refractivity contribution in [2.75, 3.05) is 35.7 Å². The summed E-state index contributed by atoms with van der Waals surface area (Å²) >= 11 is 0. The van der Waals surface area contributed by atoms with Crippen LogP contribution in [0.5, 0.6) is 0 Å². The van der Waals surface area contributed by atoms with Gasteiger partial charge >= 0.3 is 6.01 Å².